The molecule has 6 nitrogen and oxygen atoms in total. The average molecular weight is 382 g/mol. The second-order valence-corrected chi connectivity index (χ2v) is 7.58. The normalized spacial score (nSPS) is 10.8. The molecular weight excluding hydrogens is 360 g/mol. The molecule has 0 saturated heterocycles. The summed E-state index contributed by atoms with van der Waals surface area (Å²) in [7, 11) is 0. The average Bonchev–Trinajstić information content (AvgIpc) is 3.01. The van der Waals surface area contributed by atoms with Crippen molar-refractivity contribution in [2.75, 3.05) is 5.32 Å². The summed E-state index contributed by atoms with van der Waals surface area (Å²) in [5, 5.41) is 7.48. The van der Waals surface area contributed by atoms with Gasteiger partial charge in [0.2, 0.25) is 0 Å². The zero-order chi connectivity index (χ0) is 19.4. The van der Waals surface area contributed by atoms with Gasteiger partial charge in [0.25, 0.3) is 11.5 Å². The van der Waals surface area contributed by atoms with Crippen molar-refractivity contribution in [2.45, 2.75) is 40.2 Å². The number of unbranched alkanes of at least 4 members (excludes halogenated alkanes) is 1. The number of thiazole rings is 1. The van der Waals surface area contributed by atoms with Crippen LogP contribution in [0, 0.1) is 13.8 Å². The van der Waals surface area contributed by atoms with Gasteiger partial charge in [0, 0.05) is 23.1 Å². The van der Waals surface area contributed by atoms with Gasteiger partial charge >= 0.3 is 0 Å². The molecule has 0 radical (unpaired) electrons. The zero-order valence-electron chi connectivity index (χ0n) is 15.7. The predicted octanol–water partition coefficient (Wildman–Crippen LogP) is 4.04. The van der Waals surface area contributed by atoms with E-state index < -0.39 is 0 Å². The molecule has 0 spiro atoms. The molecule has 0 unspecified atom stereocenters. The SMILES string of the molecule is CCCCn1nc(C(=O)Nc2nc(-c3ccc(C)cc3)c(C)s2)ccc1=O. The van der Waals surface area contributed by atoms with Crippen molar-refractivity contribution >= 4 is 22.4 Å². The number of carbonyl (C=O) groups excluding carboxylic acids is 1. The molecule has 7 heteroatoms. The van der Waals surface area contributed by atoms with E-state index in [0.717, 1.165) is 29.0 Å². The fourth-order valence-corrected chi connectivity index (χ4v) is 3.46. The molecule has 2 heterocycles. The topological polar surface area (TPSA) is 76.9 Å². The third-order valence-electron chi connectivity index (χ3n) is 4.16. The molecule has 27 heavy (non-hydrogen) atoms. The third kappa shape index (κ3) is 4.49. The van der Waals surface area contributed by atoms with Gasteiger partial charge in [-0.15, -0.1) is 11.3 Å². The Hall–Kier alpha value is -2.80. The van der Waals surface area contributed by atoms with E-state index in [2.05, 4.69) is 15.4 Å². The Morgan fingerprint density at radius 1 is 1.15 bits per heavy atom. The van der Waals surface area contributed by atoms with Gasteiger partial charge in [-0.2, -0.15) is 5.10 Å². The first-order valence-corrected chi connectivity index (χ1v) is 9.73. The van der Waals surface area contributed by atoms with Gasteiger partial charge in [0.15, 0.2) is 5.13 Å². The van der Waals surface area contributed by atoms with E-state index in [1.165, 1.54) is 33.7 Å². The summed E-state index contributed by atoms with van der Waals surface area (Å²) >= 11 is 1.42. The van der Waals surface area contributed by atoms with E-state index >= 15 is 0 Å². The molecule has 1 N–H and O–H groups in total. The number of benzene rings is 1. The number of nitrogens with zero attached hydrogens (tertiary/aromatic N) is 3. The van der Waals surface area contributed by atoms with Crippen molar-refractivity contribution in [3.63, 3.8) is 0 Å². The van der Waals surface area contributed by atoms with Crippen LogP contribution in [0.15, 0.2) is 41.2 Å². The van der Waals surface area contributed by atoms with Gasteiger partial charge in [-0.3, -0.25) is 14.9 Å². The van der Waals surface area contributed by atoms with Crippen molar-refractivity contribution in [3.8, 4) is 11.3 Å². The lowest BCUT2D eigenvalue weighted by Crippen LogP contribution is -2.26. The van der Waals surface area contributed by atoms with Crippen LogP contribution in [0.25, 0.3) is 11.3 Å². The number of hydrogen-bond acceptors (Lipinski definition) is 5. The lowest BCUT2D eigenvalue weighted by molar-refractivity contribution is 0.101. The van der Waals surface area contributed by atoms with Crippen molar-refractivity contribution in [1.29, 1.82) is 0 Å². The highest BCUT2D eigenvalue weighted by atomic mass is 32.1. The summed E-state index contributed by atoms with van der Waals surface area (Å²) in [4.78, 5) is 30.0. The smallest absolute Gasteiger partial charge is 0.277 e. The Labute approximate surface area is 161 Å². The number of anilines is 1. The van der Waals surface area contributed by atoms with Gasteiger partial charge in [-0.25, -0.2) is 9.67 Å². The Bertz CT molecular complexity index is 1010. The second kappa shape index (κ2) is 8.26. The van der Waals surface area contributed by atoms with Crippen molar-refractivity contribution in [2.24, 2.45) is 0 Å². The second-order valence-electron chi connectivity index (χ2n) is 6.38. The minimum Gasteiger partial charge on any atom is -0.296 e. The molecule has 0 aliphatic carbocycles. The molecule has 3 aromatic rings. The standard InChI is InChI=1S/C20H22N4O2S/c1-4-5-12-24-17(25)11-10-16(23-24)19(26)22-20-21-18(14(3)27-20)15-8-6-13(2)7-9-15/h6-11H,4-5,12H2,1-3H3,(H,21,22,26). The Balaban J connectivity index is 1.79. The lowest BCUT2D eigenvalue weighted by Gasteiger charge is -2.06. The fraction of sp³-hybridized carbons (Fsp3) is 0.300. The molecule has 1 aromatic carbocycles. The van der Waals surface area contributed by atoms with Crippen LogP contribution in [0.1, 0.15) is 40.7 Å². The molecule has 0 aliphatic heterocycles. The number of aromatic nitrogens is 3. The Morgan fingerprint density at radius 2 is 1.89 bits per heavy atom. The molecule has 2 aromatic heterocycles. The molecular formula is C20H22N4O2S. The number of hydrogen-bond donors (Lipinski definition) is 1. The number of aryl methyl sites for hydroxylation is 3. The summed E-state index contributed by atoms with van der Waals surface area (Å²) in [6.45, 7) is 6.56. The first kappa shape index (κ1) is 19.0. The van der Waals surface area contributed by atoms with E-state index in [1.807, 2.05) is 45.0 Å². The Kier molecular flexibility index (Phi) is 5.81. The van der Waals surface area contributed by atoms with E-state index in [0.29, 0.717) is 11.7 Å². The van der Waals surface area contributed by atoms with E-state index in [9.17, 15) is 9.59 Å². The summed E-state index contributed by atoms with van der Waals surface area (Å²) < 4.78 is 1.34. The third-order valence-corrected chi connectivity index (χ3v) is 5.05. The number of amides is 1. The highest BCUT2D eigenvalue weighted by Gasteiger charge is 2.15. The molecule has 0 saturated carbocycles. The summed E-state index contributed by atoms with van der Waals surface area (Å²) in [6.07, 6.45) is 1.79. The predicted molar refractivity (Wildman–Crippen MR) is 108 cm³/mol. The van der Waals surface area contributed by atoms with Crippen LogP contribution in [-0.2, 0) is 6.54 Å². The van der Waals surface area contributed by atoms with E-state index in [1.54, 1.807) is 0 Å². The van der Waals surface area contributed by atoms with Crippen molar-refractivity contribution in [3.05, 3.63) is 62.9 Å². The van der Waals surface area contributed by atoms with Gasteiger partial charge < -0.3 is 0 Å². The fourth-order valence-electron chi connectivity index (χ4n) is 2.63. The van der Waals surface area contributed by atoms with E-state index in [-0.39, 0.29) is 17.2 Å². The van der Waals surface area contributed by atoms with Crippen LogP contribution in [-0.4, -0.2) is 20.7 Å². The molecule has 0 aliphatic rings. The maximum atomic E-state index is 12.5. The summed E-state index contributed by atoms with van der Waals surface area (Å²) in [5.41, 5.74) is 3.06. The highest BCUT2D eigenvalue weighted by molar-refractivity contribution is 7.16. The number of nitrogens with one attached hydrogen (secondary N) is 1. The molecule has 1 amide bonds. The van der Waals surface area contributed by atoms with Crippen LogP contribution in [0.4, 0.5) is 5.13 Å². The van der Waals surface area contributed by atoms with Gasteiger partial charge in [0.05, 0.1) is 5.69 Å². The van der Waals surface area contributed by atoms with Gasteiger partial charge in [-0.1, -0.05) is 43.2 Å². The minimum atomic E-state index is -0.371. The maximum Gasteiger partial charge on any atom is 0.277 e. The minimum absolute atomic E-state index is 0.202. The number of rotatable bonds is 6. The molecule has 0 atom stereocenters. The maximum absolute atomic E-state index is 12.5. The molecule has 0 bridgehead atoms. The van der Waals surface area contributed by atoms with E-state index in [4.69, 9.17) is 0 Å². The number of carbonyl (C=O) groups is 1. The lowest BCUT2D eigenvalue weighted by atomic mass is 10.1. The largest absolute Gasteiger partial charge is 0.296 e. The van der Waals surface area contributed by atoms with Gasteiger partial charge in [-0.05, 0) is 26.3 Å². The molecule has 140 valence electrons. The highest BCUT2D eigenvalue weighted by Crippen LogP contribution is 2.30. The van der Waals surface area contributed by atoms with Gasteiger partial charge in [0.1, 0.15) is 5.69 Å². The molecule has 3 rings (SSSR count). The van der Waals surface area contributed by atoms with Crippen LogP contribution in [0.3, 0.4) is 0 Å². The summed E-state index contributed by atoms with van der Waals surface area (Å²) in [6, 6.07) is 10.9. The monoisotopic (exact) mass is 382 g/mol. The quantitative estimate of drug-likeness (QED) is 0.698. The van der Waals surface area contributed by atoms with Crippen LogP contribution in [0.2, 0.25) is 0 Å². The zero-order valence-corrected chi connectivity index (χ0v) is 16.5. The summed E-state index contributed by atoms with van der Waals surface area (Å²) in [5.74, 6) is -0.371. The first-order chi connectivity index (χ1) is 13.0. The van der Waals surface area contributed by atoms with Crippen LogP contribution < -0.4 is 10.9 Å². The van der Waals surface area contributed by atoms with Crippen molar-refractivity contribution in [1.82, 2.24) is 14.8 Å². The van der Waals surface area contributed by atoms with Crippen LogP contribution in [0.5, 0.6) is 0 Å². The molecule has 0 fully saturated rings. The Morgan fingerprint density at radius 3 is 2.59 bits per heavy atom. The van der Waals surface area contributed by atoms with Crippen LogP contribution >= 0.6 is 11.3 Å². The first-order valence-electron chi connectivity index (χ1n) is 8.92. The van der Waals surface area contributed by atoms with Crippen molar-refractivity contribution < 1.29 is 4.79 Å².